The van der Waals surface area contributed by atoms with Gasteiger partial charge in [0.1, 0.15) is 5.75 Å². The van der Waals surface area contributed by atoms with Gasteiger partial charge in [-0.2, -0.15) is 13.2 Å². The first-order valence-electron chi connectivity index (χ1n) is 10.2. The van der Waals surface area contributed by atoms with Gasteiger partial charge < -0.3 is 9.72 Å². The third kappa shape index (κ3) is 3.80. The van der Waals surface area contributed by atoms with Crippen LogP contribution in [-0.2, 0) is 12.6 Å². The van der Waals surface area contributed by atoms with Crippen LogP contribution in [0.4, 0.5) is 13.2 Å². The molecule has 0 spiro atoms. The molecule has 0 aliphatic rings. The molecule has 0 fully saturated rings. The van der Waals surface area contributed by atoms with Crippen molar-refractivity contribution < 1.29 is 17.9 Å². The average molecular weight is 432 g/mol. The molecule has 5 rings (SSSR count). The minimum atomic E-state index is -4.46. The number of alkyl halides is 3. The first kappa shape index (κ1) is 20.1. The summed E-state index contributed by atoms with van der Waals surface area (Å²) in [7, 11) is 0. The Hall–Kier alpha value is -3.80. The van der Waals surface area contributed by atoms with Gasteiger partial charge in [0.2, 0.25) is 0 Å². The molecule has 160 valence electrons. The molecular weight excluding hydrogens is 413 g/mol. The molecule has 32 heavy (non-hydrogen) atoms. The van der Waals surface area contributed by atoms with Gasteiger partial charge >= 0.3 is 6.18 Å². The maximum Gasteiger partial charge on any atom is 0.418 e. The number of nitrogens with zero attached hydrogens (tertiary/aromatic N) is 1. The van der Waals surface area contributed by atoms with Gasteiger partial charge in [-0.3, -0.25) is 4.98 Å². The maximum atomic E-state index is 13.4. The zero-order valence-electron chi connectivity index (χ0n) is 17.0. The molecule has 0 saturated heterocycles. The third-order valence-corrected chi connectivity index (χ3v) is 5.54. The molecule has 0 aliphatic carbocycles. The highest BCUT2D eigenvalue weighted by Gasteiger charge is 2.33. The Morgan fingerprint density at radius 3 is 2.56 bits per heavy atom. The first-order valence-corrected chi connectivity index (χ1v) is 10.2. The monoisotopic (exact) mass is 432 g/mol. The van der Waals surface area contributed by atoms with Gasteiger partial charge in [0.15, 0.2) is 0 Å². The minimum Gasteiger partial charge on any atom is -0.493 e. The second kappa shape index (κ2) is 8.04. The Balaban J connectivity index is 1.40. The standard InChI is InChI=1S/C26H19F3N2O/c27-26(28,29)23-9-4-8-22-20(11-13-30-25(22)23)17-5-3-6-19(15-17)32-14-12-18-16-31-24-10-2-1-7-21(18)24/h1-11,13,15-16,31H,12,14H2. The summed E-state index contributed by atoms with van der Waals surface area (Å²) in [5, 5.41) is 1.63. The van der Waals surface area contributed by atoms with E-state index in [2.05, 4.69) is 16.0 Å². The summed E-state index contributed by atoms with van der Waals surface area (Å²) in [6, 6.07) is 21.4. The van der Waals surface area contributed by atoms with E-state index < -0.39 is 11.7 Å². The van der Waals surface area contributed by atoms with Crippen molar-refractivity contribution >= 4 is 21.8 Å². The number of nitrogens with one attached hydrogen (secondary N) is 1. The summed E-state index contributed by atoms with van der Waals surface area (Å²) >= 11 is 0. The highest BCUT2D eigenvalue weighted by Crippen LogP contribution is 2.37. The zero-order valence-corrected chi connectivity index (χ0v) is 17.0. The fourth-order valence-corrected chi connectivity index (χ4v) is 4.03. The van der Waals surface area contributed by atoms with Gasteiger partial charge in [0.25, 0.3) is 0 Å². The van der Waals surface area contributed by atoms with E-state index in [9.17, 15) is 13.2 Å². The number of aromatic nitrogens is 2. The van der Waals surface area contributed by atoms with Crippen LogP contribution in [-0.4, -0.2) is 16.6 Å². The van der Waals surface area contributed by atoms with E-state index in [0.29, 0.717) is 23.3 Å². The Morgan fingerprint density at radius 1 is 0.875 bits per heavy atom. The van der Waals surface area contributed by atoms with Crippen LogP contribution < -0.4 is 4.74 Å². The lowest BCUT2D eigenvalue weighted by Crippen LogP contribution is -2.06. The molecule has 2 heterocycles. The van der Waals surface area contributed by atoms with Crippen LogP contribution in [0.2, 0.25) is 0 Å². The topological polar surface area (TPSA) is 37.9 Å². The number of pyridine rings is 1. The van der Waals surface area contributed by atoms with E-state index in [1.165, 1.54) is 23.2 Å². The summed E-state index contributed by atoms with van der Waals surface area (Å²) in [4.78, 5) is 7.26. The quantitative estimate of drug-likeness (QED) is 0.324. The van der Waals surface area contributed by atoms with Gasteiger partial charge in [-0.15, -0.1) is 0 Å². The molecule has 3 nitrogen and oxygen atoms in total. The van der Waals surface area contributed by atoms with Gasteiger partial charge in [-0.25, -0.2) is 0 Å². The van der Waals surface area contributed by atoms with Crippen molar-refractivity contribution in [3.8, 4) is 16.9 Å². The molecule has 0 amide bonds. The number of hydrogen-bond acceptors (Lipinski definition) is 2. The maximum absolute atomic E-state index is 13.4. The average Bonchev–Trinajstić information content (AvgIpc) is 3.21. The number of hydrogen-bond donors (Lipinski definition) is 1. The summed E-state index contributed by atoms with van der Waals surface area (Å²) in [6.45, 7) is 0.487. The third-order valence-electron chi connectivity index (χ3n) is 5.54. The van der Waals surface area contributed by atoms with Gasteiger partial charge in [0, 0.05) is 35.1 Å². The molecular formula is C26H19F3N2O. The molecule has 3 aromatic carbocycles. The molecule has 0 saturated carbocycles. The molecule has 0 bridgehead atoms. The van der Waals surface area contributed by atoms with Crippen molar-refractivity contribution in [2.24, 2.45) is 0 Å². The Kier molecular flexibility index (Phi) is 5.05. The number of para-hydroxylation sites is 2. The fraction of sp³-hybridized carbons (Fsp3) is 0.115. The normalized spacial score (nSPS) is 11.8. The molecule has 0 aliphatic heterocycles. The molecule has 1 N–H and O–H groups in total. The summed E-state index contributed by atoms with van der Waals surface area (Å²) < 4.78 is 46.2. The number of rotatable bonds is 5. The number of aromatic amines is 1. The number of benzene rings is 3. The zero-order chi connectivity index (χ0) is 22.1. The Bertz CT molecular complexity index is 1410. The van der Waals surface area contributed by atoms with Gasteiger partial charge in [-0.05, 0) is 47.0 Å². The van der Waals surface area contributed by atoms with Crippen molar-refractivity contribution in [1.29, 1.82) is 0 Å². The van der Waals surface area contributed by atoms with E-state index in [4.69, 9.17) is 4.74 Å². The molecule has 0 radical (unpaired) electrons. The van der Waals surface area contributed by atoms with E-state index in [0.717, 1.165) is 23.6 Å². The lowest BCUT2D eigenvalue weighted by Gasteiger charge is -2.13. The SMILES string of the molecule is FC(F)(F)c1cccc2c(-c3cccc(OCCc4c[nH]c5ccccc45)c3)ccnc12. The van der Waals surface area contributed by atoms with Gasteiger partial charge in [0.05, 0.1) is 17.7 Å². The molecule has 0 atom stereocenters. The van der Waals surface area contributed by atoms with Crippen LogP contribution in [0.1, 0.15) is 11.1 Å². The highest BCUT2D eigenvalue weighted by atomic mass is 19.4. The molecule has 6 heteroatoms. The number of ether oxygens (including phenoxy) is 1. The van der Waals surface area contributed by atoms with Crippen molar-refractivity contribution in [1.82, 2.24) is 9.97 Å². The Morgan fingerprint density at radius 2 is 1.69 bits per heavy atom. The number of H-pyrrole nitrogens is 1. The van der Waals surface area contributed by atoms with E-state index in [1.54, 1.807) is 12.1 Å². The molecule has 0 unspecified atom stereocenters. The highest BCUT2D eigenvalue weighted by molar-refractivity contribution is 5.96. The predicted octanol–water partition coefficient (Wildman–Crippen LogP) is 7.02. The van der Waals surface area contributed by atoms with Crippen molar-refractivity contribution in [3.05, 3.63) is 96.3 Å². The smallest absolute Gasteiger partial charge is 0.418 e. The summed E-state index contributed by atoms with van der Waals surface area (Å²) in [6.07, 6.45) is -0.316. The minimum absolute atomic E-state index is 0.0526. The number of halogens is 3. The predicted molar refractivity (Wildman–Crippen MR) is 120 cm³/mol. The van der Waals surface area contributed by atoms with Gasteiger partial charge in [-0.1, -0.05) is 42.5 Å². The van der Waals surface area contributed by atoms with Crippen LogP contribution in [0.25, 0.3) is 32.9 Å². The van der Waals surface area contributed by atoms with E-state index in [1.807, 2.05) is 48.7 Å². The number of fused-ring (bicyclic) bond motifs is 2. The Labute approximate surface area is 182 Å². The summed E-state index contributed by atoms with van der Waals surface area (Å²) in [5.74, 6) is 0.666. The van der Waals surface area contributed by atoms with Crippen LogP contribution in [0.15, 0.2) is 85.2 Å². The first-order chi connectivity index (χ1) is 15.5. The van der Waals surface area contributed by atoms with Crippen LogP contribution in [0, 0.1) is 0 Å². The van der Waals surface area contributed by atoms with Crippen LogP contribution >= 0.6 is 0 Å². The molecule has 2 aromatic heterocycles. The van der Waals surface area contributed by atoms with E-state index >= 15 is 0 Å². The largest absolute Gasteiger partial charge is 0.493 e. The van der Waals surface area contributed by atoms with Crippen molar-refractivity contribution in [2.45, 2.75) is 12.6 Å². The second-order valence-corrected chi connectivity index (χ2v) is 7.54. The lowest BCUT2D eigenvalue weighted by molar-refractivity contribution is -0.136. The van der Waals surface area contributed by atoms with Crippen LogP contribution in [0.5, 0.6) is 5.75 Å². The second-order valence-electron chi connectivity index (χ2n) is 7.54. The molecule has 5 aromatic rings. The lowest BCUT2D eigenvalue weighted by atomic mass is 9.99. The van der Waals surface area contributed by atoms with Crippen molar-refractivity contribution in [3.63, 3.8) is 0 Å². The van der Waals surface area contributed by atoms with Crippen molar-refractivity contribution in [2.75, 3.05) is 6.61 Å². The van der Waals surface area contributed by atoms with E-state index in [-0.39, 0.29) is 5.52 Å². The summed E-state index contributed by atoms with van der Waals surface area (Å²) in [5.41, 5.74) is 2.94. The van der Waals surface area contributed by atoms with Crippen LogP contribution in [0.3, 0.4) is 0 Å². The fourth-order valence-electron chi connectivity index (χ4n) is 4.03.